The van der Waals surface area contributed by atoms with Gasteiger partial charge in [-0.3, -0.25) is 0 Å². The number of hydrogen-bond donors (Lipinski definition) is 0. The first-order valence-corrected chi connectivity index (χ1v) is 6.82. The predicted molar refractivity (Wildman–Crippen MR) is 64.4 cm³/mol. The molecule has 1 aliphatic rings. The standard InChI is InChI=1S/C13H12F3S.BrH/c1-8-2-5-11-10(6-8)7-12(9-3-4-9)17(11)13(14,15)16;/h2,5-7,9H,3-4H2,1H3;1H/q+1;/p-1. The first kappa shape index (κ1) is 13.9. The van der Waals surface area contributed by atoms with Crippen LogP contribution in [-0.2, 0) is 5.51 Å². The van der Waals surface area contributed by atoms with E-state index in [-0.39, 0.29) is 22.9 Å². The molecule has 1 heterocycles. The van der Waals surface area contributed by atoms with E-state index in [0.29, 0.717) is 9.58 Å². The molecule has 3 rings (SSSR count). The van der Waals surface area contributed by atoms with Gasteiger partial charge in [0.15, 0.2) is 9.58 Å². The van der Waals surface area contributed by atoms with Crippen LogP contribution >= 0.6 is 10.5 Å². The van der Waals surface area contributed by atoms with E-state index >= 15 is 0 Å². The summed E-state index contributed by atoms with van der Waals surface area (Å²) < 4.78 is 39.9. The number of benzene rings is 1. The number of fused-ring (bicyclic) bond motifs is 1. The molecule has 0 spiro atoms. The van der Waals surface area contributed by atoms with E-state index in [1.54, 1.807) is 18.2 Å². The molecule has 18 heavy (non-hydrogen) atoms. The largest absolute Gasteiger partial charge is 1.00 e. The van der Waals surface area contributed by atoms with Crippen molar-refractivity contribution < 1.29 is 30.2 Å². The summed E-state index contributed by atoms with van der Waals surface area (Å²) in [5, 5.41) is 0.771. The fourth-order valence-corrected chi connectivity index (χ4v) is 4.36. The van der Waals surface area contributed by atoms with Gasteiger partial charge in [0.1, 0.15) is 0 Å². The average molecular weight is 337 g/mol. The van der Waals surface area contributed by atoms with E-state index in [0.717, 1.165) is 23.8 Å². The van der Waals surface area contributed by atoms with Gasteiger partial charge in [0.05, 0.1) is 10.5 Å². The van der Waals surface area contributed by atoms with E-state index < -0.39 is 16.0 Å². The number of alkyl halides is 3. The van der Waals surface area contributed by atoms with Crippen LogP contribution in [0, 0.1) is 6.92 Å². The smallest absolute Gasteiger partial charge is 0.600 e. The lowest BCUT2D eigenvalue weighted by Gasteiger charge is -1.98. The van der Waals surface area contributed by atoms with Gasteiger partial charge in [-0.05, 0) is 31.9 Å². The van der Waals surface area contributed by atoms with Crippen molar-refractivity contribution in [3.8, 4) is 0 Å². The second-order valence-corrected chi connectivity index (χ2v) is 6.60. The molecule has 0 aliphatic heterocycles. The highest BCUT2D eigenvalue weighted by atomic mass is 79.9. The van der Waals surface area contributed by atoms with Crippen molar-refractivity contribution >= 4 is 20.6 Å². The van der Waals surface area contributed by atoms with Crippen molar-refractivity contribution in [3.63, 3.8) is 0 Å². The van der Waals surface area contributed by atoms with Crippen molar-refractivity contribution in [3.05, 3.63) is 34.7 Å². The summed E-state index contributed by atoms with van der Waals surface area (Å²) in [6.07, 6.45) is 1.83. The van der Waals surface area contributed by atoms with E-state index in [2.05, 4.69) is 0 Å². The number of thiophene rings is 1. The third kappa shape index (κ3) is 2.30. The molecule has 1 fully saturated rings. The van der Waals surface area contributed by atoms with E-state index in [9.17, 15) is 13.2 Å². The number of rotatable bonds is 1. The Morgan fingerprint density at radius 3 is 2.39 bits per heavy atom. The summed E-state index contributed by atoms with van der Waals surface area (Å²) in [6, 6.07) is 7.05. The highest BCUT2D eigenvalue weighted by molar-refractivity contribution is 7.38. The van der Waals surface area contributed by atoms with Crippen molar-refractivity contribution in [1.82, 2.24) is 0 Å². The van der Waals surface area contributed by atoms with E-state index in [1.165, 1.54) is 0 Å². The van der Waals surface area contributed by atoms with Gasteiger partial charge >= 0.3 is 5.51 Å². The van der Waals surface area contributed by atoms with Crippen LogP contribution in [-0.4, -0.2) is 0 Å². The summed E-state index contributed by atoms with van der Waals surface area (Å²) in [7, 11) is -1.67. The predicted octanol–water partition coefficient (Wildman–Crippen LogP) is 2.26. The van der Waals surface area contributed by atoms with Gasteiger partial charge < -0.3 is 17.0 Å². The Bertz CT molecular complexity index is 582. The highest BCUT2D eigenvalue weighted by Crippen LogP contribution is 2.57. The molecule has 1 atom stereocenters. The summed E-state index contributed by atoms with van der Waals surface area (Å²) in [6.45, 7) is 1.91. The molecule has 0 saturated heterocycles. The molecule has 1 aromatic heterocycles. The average Bonchev–Trinajstić information content (AvgIpc) is 2.97. The Balaban J connectivity index is 0.00000120. The SMILES string of the molecule is Cc1ccc2c(c1)cc(C1CC1)[s+]2C(F)(F)F.[Br-]. The van der Waals surface area contributed by atoms with Gasteiger partial charge in [-0.15, -0.1) is 13.2 Å². The maximum Gasteiger partial charge on any atom is 0.600 e. The molecule has 0 bridgehead atoms. The molecule has 2 aromatic rings. The first-order chi connectivity index (χ1) is 7.97. The van der Waals surface area contributed by atoms with Crippen LogP contribution in [0.1, 0.15) is 29.2 Å². The minimum atomic E-state index is -4.13. The Kier molecular flexibility index (Phi) is 3.49. The number of aryl methyl sites for hydroxylation is 1. The number of hydrogen-bond acceptors (Lipinski definition) is 0. The lowest BCUT2D eigenvalue weighted by Crippen LogP contribution is -3.00. The van der Waals surface area contributed by atoms with E-state index in [1.807, 2.05) is 13.0 Å². The Hall–Kier alpha value is -0.550. The molecule has 1 unspecified atom stereocenters. The maximum atomic E-state index is 13.1. The first-order valence-electron chi connectivity index (χ1n) is 5.60. The Morgan fingerprint density at radius 2 is 1.83 bits per heavy atom. The normalized spacial score (nSPS) is 16.8. The van der Waals surface area contributed by atoms with E-state index in [4.69, 9.17) is 0 Å². The quantitative estimate of drug-likeness (QED) is 0.701. The Labute approximate surface area is 117 Å². The molecule has 0 N–H and O–H groups in total. The third-order valence-corrected chi connectivity index (χ3v) is 5.33. The third-order valence-electron chi connectivity index (χ3n) is 3.13. The molecular weight excluding hydrogens is 325 g/mol. The maximum absolute atomic E-state index is 13.1. The monoisotopic (exact) mass is 336 g/mol. The van der Waals surface area contributed by atoms with Crippen molar-refractivity contribution in [2.24, 2.45) is 0 Å². The zero-order valence-corrected chi connectivity index (χ0v) is 12.1. The van der Waals surface area contributed by atoms with Crippen LogP contribution < -0.4 is 17.0 Å². The molecular formula is C13H12BrF3S. The van der Waals surface area contributed by atoms with Crippen molar-refractivity contribution in [2.45, 2.75) is 31.2 Å². The van der Waals surface area contributed by atoms with Gasteiger partial charge in [-0.2, -0.15) is 0 Å². The van der Waals surface area contributed by atoms with Crippen LogP contribution in [0.5, 0.6) is 0 Å². The minimum Gasteiger partial charge on any atom is -1.00 e. The van der Waals surface area contributed by atoms with Crippen LogP contribution in [0.2, 0.25) is 0 Å². The highest BCUT2D eigenvalue weighted by Gasteiger charge is 2.51. The van der Waals surface area contributed by atoms with Crippen LogP contribution in [0.4, 0.5) is 13.2 Å². The van der Waals surface area contributed by atoms with Gasteiger partial charge in [0.25, 0.3) is 0 Å². The summed E-state index contributed by atoms with van der Waals surface area (Å²) in [5.74, 6) is 0.174. The van der Waals surface area contributed by atoms with Crippen molar-refractivity contribution in [1.29, 1.82) is 0 Å². The molecule has 1 aliphatic carbocycles. The molecule has 0 nitrogen and oxygen atoms in total. The van der Waals surface area contributed by atoms with Crippen molar-refractivity contribution in [2.75, 3.05) is 0 Å². The summed E-state index contributed by atoms with van der Waals surface area (Å²) in [4.78, 5) is 0.609. The lowest BCUT2D eigenvalue weighted by atomic mass is 10.2. The number of halogens is 4. The minimum absolute atomic E-state index is 0. The molecule has 5 heteroatoms. The summed E-state index contributed by atoms with van der Waals surface area (Å²) >= 11 is 0. The van der Waals surface area contributed by atoms with Gasteiger partial charge in [-0.1, -0.05) is 11.6 Å². The zero-order valence-electron chi connectivity index (χ0n) is 9.72. The fraction of sp³-hybridized carbons (Fsp3) is 0.385. The van der Waals surface area contributed by atoms with Gasteiger partial charge in [-0.25, -0.2) is 0 Å². The Morgan fingerprint density at radius 1 is 1.17 bits per heavy atom. The second-order valence-electron chi connectivity index (χ2n) is 4.61. The fourth-order valence-electron chi connectivity index (χ4n) is 2.22. The van der Waals surface area contributed by atoms with Crippen LogP contribution in [0.3, 0.4) is 0 Å². The van der Waals surface area contributed by atoms with Crippen LogP contribution in [0.25, 0.3) is 10.1 Å². The molecule has 98 valence electrons. The topological polar surface area (TPSA) is 0 Å². The lowest BCUT2D eigenvalue weighted by molar-refractivity contribution is -0.0867. The second kappa shape index (κ2) is 4.53. The van der Waals surface area contributed by atoms with Gasteiger partial charge in [0.2, 0.25) is 0 Å². The zero-order chi connectivity index (χ0) is 12.2. The molecule has 0 amide bonds. The summed E-state index contributed by atoms with van der Waals surface area (Å²) in [5.41, 5.74) is -3.11. The van der Waals surface area contributed by atoms with Crippen LogP contribution in [0.15, 0.2) is 24.3 Å². The molecule has 0 radical (unpaired) electrons. The molecule has 1 aromatic carbocycles. The molecule has 1 saturated carbocycles. The van der Waals surface area contributed by atoms with Gasteiger partial charge in [0, 0.05) is 17.4 Å².